The lowest BCUT2D eigenvalue weighted by Crippen LogP contribution is -2.06. The van der Waals surface area contributed by atoms with E-state index in [1.807, 2.05) is 5.10 Å². The molecule has 3 N–H and O–H groups in total. The summed E-state index contributed by atoms with van der Waals surface area (Å²) in [4.78, 5) is 3.84. The van der Waals surface area contributed by atoms with E-state index in [-0.39, 0.29) is 16.7 Å². The molecule has 0 spiro atoms. The van der Waals surface area contributed by atoms with E-state index >= 15 is 0 Å². The molecular formula is C8H7F3N4. The number of fused-ring (bicyclic) bond motifs is 1. The van der Waals surface area contributed by atoms with Crippen molar-refractivity contribution >= 4 is 16.7 Å². The molecule has 0 unspecified atom stereocenters. The second kappa shape index (κ2) is 2.85. The van der Waals surface area contributed by atoms with Crippen molar-refractivity contribution < 1.29 is 13.2 Å². The molecule has 80 valence electrons. The zero-order chi connectivity index (χ0) is 11.2. The number of nitrogens with zero attached hydrogens (tertiary/aromatic N) is 2. The second-order valence-corrected chi connectivity index (χ2v) is 3.13. The highest BCUT2D eigenvalue weighted by atomic mass is 19.4. The molecule has 0 aliphatic heterocycles. The minimum Gasteiger partial charge on any atom is -0.397 e. The molecule has 0 bridgehead atoms. The van der Waals surface area contributed by atoms with Crippen LogP contribution in [0.25, 0.3) is 11.0 Å². The van der Waals surface area contributed by atoms with Gasteiger partial charge in [0, 0.05) is 0 Å². The van der Waals surface area contributed by atoms with Gasteiger partial charge in [0.1, 0.15) is 5.69 Å². The minimum absolute atomic E-state index is 0.0222. The number of aromatic amines is 1. The molecule has 4 nitrogen and oxygen atoms in total. The van der Waals surface area contributed by atoms with E-state index in [1.165, 1.54) is 6.07 Å². The van der Waals surface area contributed by atoms with Crippen LogP contribution in [-0.2, 0) is 6.18 Å². The van der Waals surface area contributed by atoms with Gasteiger partial charge in [-0.1, -0.05) is 0 Å². The molecule has 0 radical (unpaired) electrons. The van der Waals surface area contributed by atoms with Gasteiger partial charge >= 0.3 is 6.18 Å². The molecule has 0 aliphatic carbocycles. The summed E-state index contributed by atoms with van der Waals surface area (Å²) in [6, 6.07) is 1.23. The Morgan fingerprint density at radius 2 is 2.07 bits per heavy atom. The number of halogens is 3. The van der Waals surface area contributed by atoms with Gasteiger partial charge in [-0.05, 0) is 13.0 Å². The Morgan fingerprint density at radius 1 is 1.40 bits per heavy atom. The summed E-state index contributed by atoms with van der Waals surface area (Å²) in [7, 11) is 0. The van der Waals surface area contributed by atoms with Gasteiger partial charge in [-0.25, -0.2) is 4.98 Å². The molecule has 2 aromatic rings. The second-order valence-electron chi connectivity index (χ2n) is 3.13. The molecule has 0 saturated carbocycles. The third kappa shape index (κ3) is 1.49. The SMILES string of the molecule is Cc1nc2n[nH]c(C(F)(F)F)c2cc1N. The fraction of sp³-hybridized carbons (Fsp3) is 0.250. The lowest BCUT2D eigenvalue weighted by atomic mass is 10.2. The van der Waals surface area contributed by atoms with E-state index in [1.54, 1.807) is 6.92 Å². The first-order valence-corrected chi connectivity index (χ1v) is 4.08. The number of anilines is 1. The van der Waals surface area contributed by atoms with Crippen molar-refractivity contribution in [2.45, 2.75) is 13.1 Å². The fourth-order valence-electron chi connectivity index (χ4n) is 1.26. The highest BCUT2D eigenvalue weighted by molar-refractivity contribution is 5.82. The van der Waals surface area contributed by atoms with Crippen LogP contribution in [0.15, 0.2) is 6.07 Å². The summed E-state index contributed by atoms with van der Waals surface area (Å²) in [6.45, 7) is 1.61. The van der Waals surface area contributed by atoms with Crippen molar-refractivity contribution in [2.24, 2.45) is 0 Å². The lowest BCUT2D eigenvalue weighted by molar-refractivity contribution is -0.139. The normalized spacial score (nSPS) is 12.3. The van der Waals surface area contributed by atoms with Gasteiger partial charge in [0.2, 0.25) is 0 Å². The number of nitrogens with one attached hydrogen (secondary N) is 1. The molecule has 15 heavy (non-hydrogen) atoms. The number of aryl methyl sites for hydroxylation is 1. The predicted octanol–water partition coefficient (Wildman–Crippen LogP) is 1.87. The zero-order valence-electron chi connectivity index (χ0n) is 7.68. The van der Waals surface area contributed by atoms with Crippen LogP contribution >= 0.6 is 0 Å². The van der Waals surface area contributed by atoms with Crippen LogP contribution in [0.5, 0.6) is 0 Å². The number of alkyl halides is 3. The van der Waals surface area contributed by atoms with E-state index < -0.39 is 11.9 Å². The first-order chi connectivity index (χ1) is 6.89. The van der Waals surface area contributed by atoms with Gasteiger partial charge in [0.05, 0.1) is 16.8 Å². The molecule has 2 heterocycles. The molecule has 0 aliphatic rings. The van der Waals surface area contributed by atoms with Crippen LogP contribution in [0, 0.1) is 6.92 Å². The Bertz CT molecular complexity index is 514. The van der Waals surface area contributed by atoms with E-state index in [0.717, 1.165) is 0 Å². The van der Waals surface area contributed by atoms with E-state index in [4.69, 9.17) is 5.73 Å². The van der Waals surface area contributed by atoms with Gasteiger partial charge in [0.25, 0.3) is 0 Å². The fourth-order valence-corrected chi connectivity index (χ4v) is 1.26. The molecule has 0 amide bonds. The molecule has 0 saturated heterocycles. The van der Waals surface area contributed by atoms with Gasteiger partial charge in [-0.15, -0.1) is 0 Å². The first-order valence-electron chi connectivity index (χ1n) is 4.08. The summed E-state index contributed by atoms with van der Waals surface area (Å²) < 4.78 is 37.3. The Morgan fingerprint density at radius 3 is 2.67 bits per heavy atom. The summed E-state index contributed by atoms with van der Waals surface area (Å²) >= 11 is 0. The Balaban J connectivity index is 2.75. The first kappa shape index (κ1) is 9.75. The number of hydrogen-bond acceptors (Lipinski definition) is 3. The number of H-pyrrole nitrogens is 1. The Kier molecular flexibility index (Phi) is 1.85. The third-order valence-electron chi connectivity index (χ3n) is 2.06. The van der Waals surface area contributed by atoms with Crippen molar-refractivity contribution in [1.29, 1.82) is 0 Å². The van der Waals surface area contributed by atoms with Gasteiger partial charge in [-0.2, -0.15) is 18.3 Å². The molecule has 2 rings (SSSR count). The molecule has 0 atom stereocenters. The number of nitrogen functional groups attached to an aromatic ring is 1. The predicted molar refractivity (Wildman–Crippen MR) is 48.0 cm³/mol. The average Bonchev–Trinajstić information content (AvgIpc) is 2.47. The third-order valence-corrected chi connectivity index (χ3v) is 2.06. The summed E-state index contributed by atoms with van der Waals surface area (Å²) in [6.07, 6.45) is -4.47. The summed E-state index contributed by atoms with van der Waals surface area (Å²) in [5, 5.41) is 5.28. The van der Waals surface area contributed by atoms with Crippen LogP contribution in [0.2, 0.25) is 0 Å². The maximum atomic E-state index is 12.4. The minimum atomic E-state index is -4.47. The van der Waals surface area contributed by atoms with E-state index in [0.29, 0.717) is 5.69 Å². The van der Waals surface area contributed by atoms with Crippen molar-refractivity contribution in [3.05, 3.63) is 17.5 Å². The average molecular weight is 216 g/mol. The lowest BCUT2D eigenvalue weighted by Gasteiger charge is -2.03. The highest BCUT2D eigenvalue weighted by Crippen LogP contribution is 2.33. The molecule has 7 heteroatoms. The number of nitrogens with two attached hydrogens (primary N) is 1. The van der Waals surface area contributed by atoms with Crippen molar-refractivity contribution in [3.63, 3.8) is 0 Å². The molecule has 0 aromatic carbocycles. The Labute approximate surface area is 82.3 Å². The maximum Gasteiger partial charge on any atom is 0.433 e. The Hall–Kier alpha value is -1.79. The summed E-state index contributed by atoms with van der Waals surface area (Å²) in [5.74, 6) is 0. The van der Waals surface area contributed by atoms with Crippen molar-refractivity contribution in [2.75, 3.05) is 5.73 Å². The number of hydrogen-bond donors (Lipinski definition) is 2. The number of aromatic nitrogens is 3. The van der Waals surface area contributed by atoms with Crippen molar-refractivity contribution in [1.82, 2.24) is 15.2 Å². The van der Waals surface area contributed by atoms with E-state index in [2.05, 4.69) is 10.1 Å². The molecule has 0 fully saturated rings. The number of pyridine rings is 1. The zero-order valence-corrected chi connectivity index (χ0v) is 7.68. The largest absolute Gasteiger partial charge is 0.433 e. The topological polar surface area (TPSA) is 67.6 Å². The van der Waals surface area contributed by atoms with Crippen LogP contribution in [0.3, 0.4) is 0 Å². The van der Waals surface area contributed by atoms with Gasteiger partial charge in [-0.3, -0.25) is 5.10 Å². The molecular weight excluding hydrogens is 209 g/mol. The smallest absolute Gasteiger partial charge is 0.397 e. The van der Waals surface area contributed by atoms with Crippen LogP contribution in [0.1, 0.15) is 11.4 Å². The van der Waals surface area contributed by atoms with Crippen LogP contribution in [0.4, 0.5) is 18.9 Å². The quantitative estimate of drug-likeness (QED) is 0.706. The maximum absolute atomic E-state index is 12.4. The molecule has 2 aromatic heterocycles. The van der Waals surface area contributed by atoms with Gasteiger partial charge < -0.3 is 5.73 Å². The van der Waals surface area contributed by atoms with E-state index in [9.17, 15) is 13.2 Å². The van der Waals surface area contributed by atoms with Gasteiger partial charge in [0.15, 0.2) is 5.65 Å². The summed E-state index contributed by atoms with van der Waals surface area (Å²) in [5.41, 5.74) is 5.27. The van der Waals surface area contributed by atoms with Crippen LogP contribution in [-0.4, -0.2) is 15.2 Å². The highest BCUT2D eigenvalue weighted by Gasteiger charge is 2.35. The van der Waals surface area contributed by atoms with Crippen molar-refractivity contribution in [3.8, 4) is 0 Å². The van der Waals surface area contributed by atoms with Crippen LogP contribution < -0.4 is 5.73 Å². The number of rotatable bonds is 0. The standard InChI is InChI=1S/C8H7F3N4/c1-3-5(12)2-4-6(8(9,10)11)14-15-7(4)13-3/h2H,12H2,1H3,(H,13,14,15). The monoisotopic (exact) mass is 216 g/mol.